The second-order valence-corrected chi connectivity index (χ2v) is 13.3. The summed E-state index contributed by atoms with van der Waals surface area (Å²) in [6.45, 7) is 11.0. The molecule has 13 nitrogen and oxygen atoms in total. The van der Waals surface area contributed by atoms with Crippen molar-refractivity contribution in [3.63, 3.8) is 0 Å². The van der Waals surface area contributed by atoms with Crippen LogP contribution in [0, 0.1) is 5.92 Å². The van der Waals surface area contributed by atoms with Gasteiger partial charge < -0.3 is 19.4 Å². The lowest BCUT2D eigenvalue weighted by molar-refractivity contribution is -0.132. The SMILES string of the molecule is CCN(C(=O)[C@@H]1CCN(CC(=O)N2CCN(c3ccc(-c4ncn(C)n4)cc3)CC2)C1)c1ccc2[nH]nc(-c3ccc(OC(C)C)nc3)c2c1. The fourth-order valence-corrected chi connectivity index (χ4v) is 6.88. The summed E-state index contributed by atoms with van der Waals surface area (Å²) >= 11 is 0. The van der Waals surface area contributed by atoms with Crippen LogP contribution in [-0.4, -0.2) is 110 Å². The molecule has 1 N–H and O–H groups in total. The zero-order valence-corrected chi connectivity index (χ0v) is 29.1. The Bertz CT molecular complexity index is 1940. The number of amides is 2. The summed E-state index contributed by atoms with van der Waals surface area (Å²) in [5.41, 5.74) is 5.46. The molecule has 0 spiro atoms. The Morgan fingerprint density at radius 1 is 0.980 bits per heavy atom. The number of likely N-dealkylation sites (tertiary alicyclic amines) is 1. The molecule has 260 valence electrons. The van der Waals surface area contributed by atoms with Crippen LogP contribution in [-0.2, 0) is 16.6 Å². The van der Waals surface area contributed by atoms with Gasteiger partial charge in [0, 0.05) is 86.5 Å². The van der Waals surface area contributed by atoms with Gasteiger partial charge in [-0.15, -0.1) is 0 Å². The number of ether oxygens (including phenoxy) is 1. The quantitative estimate of drug-likeness (QED) is 0.231. The Labute approximate surface area is 291 Å². The minimum atomic E-state index is -0.166. The monoisotopic (exact) mass is 676 g/mol. The molecule has 1 atom stereocenters. The molecule has 3 aromatic heterocycles. The number of pyridine rings is 1. The second kappa shape index (κ2) is 14.3. The molecule has 0 aliphatic carbocycles. The number of aromatic nitrogens is 6. The Hall–Kier alpha value is -5.30. The van der Waals surface area contributed by atoms with Crippen molar-refractivity contribution in [3.8, 4) is 28.5 Å². The van der Waals surface area contributed by atoms with E-state index in [-0.39, 0.29) is 23.8 Å². The van der Waals surface area contributed by atoms with Crippen LogP contribution < -0.4 is 14.5 Å². The van der Waals surface area contributed by atoms with Gasteiger partial charge in [0.2, 0.25) is 17.7 Å². The van der Waals surface area contributed by atoms with Crippen molar-refractivity contribution in [2.45, 2.75) is 33.3 Å². The van der Waals surface area contributed by atoms with Crippen LogP contribution in [0.3, 0.4) is 0 Å². The van der Waals surface area contributed by atoms with Crippen LogP contribution in [0.5, 0.6) is 5.88 Å². The van der Waals surface area contributed by atoms with Gasteiger partial charge in [-0.1, -0.05) is 0 Å². The smallest absolute Gasteiger partial charge is 0.236 e. The molecule has 2 amide bonds. The highest BCUT2D eigenvalue weighted by Crippen LogP contribution is 2.32. The molecule has 5 heterocycles. The average molecular weight is 677 g/mol. The van der Waals surface area contributed by atoms with Crippen LogP contribution in [0.1, 0.15) is 27.2 Å². The summed E-state index contributed by atoms with van der Waals surface area (Å²) < 4.78 is 7.39. The summed E-state index contributed by atoms with van der Waals surface area (Å²) in [6, 6.07) is 18.0. The van der Waals surface area contributed by atoms with Gasteiger partial charge in [-0.3, -0.25) is 24.3 Å². The summed E-state index contributed by atoms with van der Waals surface area (Å²) in [5, 5.41) is 13.0. The highest BCUT2D eigenvalue weighted by atomic mass is 16.5. The third-order valence-electron chi connectivity index (χ3n) is 9.51. The van der Waals surface area contributed by atoms with Gasteiger partial charge in [0.15, 0.2) is 5.82 Å². The number of aryl methyl sites for hydroxylation is 1. The summed E-state index contributed by atoms with van der Waals surface area (Å²) in [6.07, 6.45) is 4.23. The number of nitrogens with one attached hydrogen (secondary N) is 1. The molecule has 7 rings (SSSR count). The Balaban J connectivity index is 0.933. The van der Waals surface area contributed by atoms with E-state index in [2.05, 4.69) is 47.2 Å². The number of hydrogen-bond acceptors (Lipinski definition) is 9. The molecule has 5 aromatic rings. The minimum Gasteiger partial charge on any atom is -0.475 e. The largest absolute Gasteiger partial charge is 0.475 e. The number of aromatic amines is 1. The maximum Gasteiger partial charge on any atom is 0.236 e. The topological polar surface area (TPSA) is 129 Å². The Morgan fingerprint density at radius 3 is 2.44 bits per heavy atom. The number of hydrogen-bond donors (Lipinski definition) is 1. The van der Waals surface area contributed by atoms with E-state index < -0.39 is 0 Å². The first-order valence-corrected chi connectivity index (χ1v) is 17.4. The van der Waals surface area contributed by atoms with E-state index in [4.69, 9.17) is 4.74 Å². The zero-order valence-electron chi connectivity index (χ0n) is 29.1. The Morgan fingerprint density at radius 2 is 1.76 bits per heavy atom. The van der Waals surface area contributed by atoms with Gasteiger partial charge in [-0.25, -0.2) is 9.97 Å². The molecule has 50 heavy (non-hydrogen) atoms. The first-order valence-electron chi connectivity index (χ1n) is 17.4. The van der Waals surface area contributed by atoms with Crippen molar-refractivity contribution in [1.82, 2.24) is 39.7 Å². The average Bonchev–Trinajstić information content (AvgIpc) is 3.89. The number of carbonyl (C=O) groups is 2. The third kappa shape index (κ3) is 7.04. The molecule has 2 aliphatic heterocycles. The number of fused-ring (bicyclic) bond motifs is 1. The predicted octanol–water partition coefficient (Wildman–Crippen LogP) is 4.23. The lowest BCUT2D eigenvalue weighted by Gasteiger charge is -2.36. The fraction of sp³-hybridized carbons (Fsp3) is 0.405. The normalized spacial score (nSPS) is 16.8. The van der Waals surface area contributed by atoms with Gasteiger partial charge in [0.05, 0.1) is 24.1 Å². The van der Waals surface area contributed by atoms with E-state index in [1.165, 1.54) is 0 Å². The van der Waals surface area contributed by atoms with Crippen LogP contribution in [0.2, 0.25) is 0 Å². The number of nitrogens with zero attached hydrogens (tertiary/aromatic N) is 9. The summed E-state index contributed by atoms with van der Waals surface area (Å²) in [5.74, 6) is 1.32. The van der Waals surface area contributed by atoms with Crippen molar-refractivity contribution < 1.29 is 14.3 Å². The molecule has 2 aliphatic rings. The van der Waals surface area contributed by atoms with Gasteiger partial charge in [0.25, 0.3) is 0 Å². The van der Waals surface area contributed by atoms with Gasteiger partial charge in [-0.05, 0) is 82.3 Å². The summed E-state index contributed by atoms with van der Waals surface area (Å²) in [7, 11) is 1.86. The first kappa shape index (κ1) is 33.2. The lowest BCUT2D eigenvalue weighted by atomic mass is 10.1. The van der Waals surface area contributed by atoms with Crippen molar-refractivity contribution in [3.05, 3.63) is 67.1 Å². The molecule has 2 saturated heterocycles. The molecule has 2 fully saturated rings. The van der Waals surface area contributed by atoms with Crippen molar-refractivity contribution >= 4 is 34.1 Å². The van der Waals surface area contributed by atoms with E-state index in [9.17, 15) is 9.59 Å². The number of anilines is 2. The summed E-state index contributed by atoms with van der Waals surface area (Å²) in [4.78, 5) is 44.2. The van der Waals surface area contributed by atoms with Gasteiger partial charge in [0.1, 0.15) is 12.0 Å². The predicted molar refractivity (Wildman–Crippen MR) is 193 cm³/mol. The highest BCUT2D eigenvalue weighted by Gasteiger charge is 2.33. The maximum absolute atomic E-state index is 13.9. The second-order valence-electron chi connectivity index (χ2n) is 13.3. The van der Waals surface area contributed by atoms with E-state index in [1.807, 2.05) is 80.1 Å². The molecular formula is C37H44N10O3. The van der Waals surface area contributed by atoms with Crippen LogP contribution in [0.4, 0.5) is 11.4 Å². The first-order chi connectivity index (χ1) is 24.2. The van der Waals surface area contributed by atoms with Crippen molar-refractivity contribution in [2.24, 2.45) is 13.0 Å². The molecule has 0 saturated carbocycles. The molecule has 0 unspecified atom stereocenters. The van der Waals surface area contributed by atoms with Crippen molar-refractivity contribution in [2.75, 3.05) is 62.2 Å². The molecule has 0 radical (unpaired) electrons. The van der Waals surface area contributed by atoms with Crippen LogP contribution >= 0.6 is 0 Å². The molecule has 0 bridgehead atoms. The van der Waals surface area contributed by atoms with E-state index in [0.717, 1.165) is 65.2 Å². The van der Waals surface area contributed by atoms with Gasteiger partial charge >= 0.3 is 0 Å². The van der Waals surface area contributed by atoms with Gasteiger partial charge in [-0.2, -0.15) is 10.2 Å². The van der Waals surface area contributed by atoms with Crippen molar-refractivity contribution in [1.29, 1.82) is 0 Å². The zero-order chi connectivity index (χ0) is 34.8. The molecule has 2 aromatic carbocycles. The number of carbonyl (C=O) groups excluding carboxylic acids is 2. The van der Waals surface area contributed by atoms with Crippen LogP contribution in [0.15, 0.2) is 67.1 Å². The highest BCUT2D eigenvalue weighted by molar-refractivity contribution is 6.00. The number of H-pyrrole nitrogens is 1. The van der Waals surface area contributed by atoms with E-state index >= 15 is 0 Å². The standard InChI is InChI=1S/C37H44N10O3/c1-5-47(30-11-12-32-31(20-30)35(41-40-32)27-8-13-33(38-21-27)50-25(2)3)37(49)28-14-15-44(22-28)23-34(48)46-18-16-45(17-19-46)29-9-6-26(7-10-29)36-39-24-43(4)42-36/h6-13,20-21,24-25,28H,5,14-19,22-23H2,1-4H3,(H,40,41)/t28-/m1/s1. The number of rotatable bonds is 10. The van der Waals surface area contributed by atoms with Crippen LogP contribution in [0.25, 0.3) is 33.5 Å². The molecule has 13 heteroatoms. The number of piperazine rings is 1. The number of benzene rings is 2. The van der Waals surface area contributed by atoms with E-state index in [0.29, 0.717) is 44.4 Å². The lowest BCUT2D eigenvalue weighted by Crippen LogP contribution is -2.51. The Kier molecular flexibility index (Phi) is 9.48. The van der Waals surface area contributed by atoms with E-state index in [1.54, 1.807) is 17.2 Å². The minimum absolute atomic E-state index is 0.0425. The third-order valence-corrected chi connectivity index (χ3v) is 9.51. The maximum atomic E-state index is 13.9. The molecular weight excluding hydrogens is 632 g/mol. The fourth-order valence-electron chi connectivity index (χ4n) is 6.88.